The van der Waals surface area contributed by atoms with E-state index in [0.29, 0.717) is 18.1 Å². The SMILES string of the molecule is CCNc1cnc(C(=O)N(C)CC)cn1. The number of anilines is 1. The number of carbonyl (C=O) groups is 1. The van der Waals surface area contributed by atoms with Crippen LogP contribution in [-0.2, 0) is 0 Å². The Morgan fingerprint density at radius 2 is 2.13 bits per heavy atom. The first-order valence-corrected chi connectivity index (χ1v) is 5.00. The van der Waals surface area contributed by atoms with Crippen LogP contribution in [0.4, 0.5) is 5.82 Å². The van der Waals surface area contributed by atoms with Crippen molar-refractivity contribution in [3.63, 3.8) is 0 Å². The Kier molecular flexibility index (Phi) is 4.03. The van der Waals surface area contributed by atoms with Gasteiger partial charge >= 0.3 is 0 Å². The lowest BCUT2D eigenvalue weighted by atomic mass is 10.4. The van der Waals surface area contributed by atoms with Gasteiger partial charge in [0.25, 0.3) is 5.91 Å². The van der Waals surface area contributed by atoms with E-state index in [2.05, 4.69) is 15.3 Å². The molecule has 0 atom stereocenters. The number of nitrogens with one attached hydrogen (secondary N) is 1. The fourth-order valence-electron chi connectivity index (χ4n) is 1.05. The third-order valence-electron chi connectivity index (χ3n) is 2.05. The van der Waals surface area contributed by atoms with Crippen molar-refractivity contribution in [3.05, 3.63) is 18.1 Å². The maximum Gasteiger partial charge on any atom is 0.273 e. The lowest BCUT2D eigenvalue weighted by Crippen LogP contribution is -2.27. The highest BCUT2D eigenvalue weighted by atomic mass is 16.2. The molecule has 0 bridgehead atoms. The molecule has 1 aromatic rings. The number of nitrogens with zero attached hydrogens (tertiary/aromatic N) is 3. The molecule has 0 aliphatic rings. The minimum absolute atomic E-state index is 0.104. The lowest BCUT2D eigenvalue weighted by molar-refractivity contribution is 0.0796. The minimum atomic E-state index is -0.104. The van der Waals surface area contributed by atoms with Gasteiger partial charge in [-0.15, -0.1) is 0 Å². The van der Waals surface area contributed by atoms with E-state index in [9.17, 15) is 4.79 Å². The summed E-state index contributed by atoms with van der Waals surface area (Å²) in [5.41, 5.74) is 0.376. The van der Waals surface area contributed by atoms with Crippen LogP contribution >= 0.6 is 0 Å². The fourth-order valence-corrected chi connectivity index (χ4v) is 1.05. The van der Waals surface area contributed by atoms with E-state index in [1.165, 1.54) is 6.20 Å². The number of rotatable bonds is 4. The van der Waals surface area contributed by atoms with Crippen molar-refractivity contribution in [3.8, 4) is 0 Å². The second-order valence-electron chi connectivity index (χ2n) is 3.14. The molecular formula is C10H16N4O. The smallest absolute Gasteiger partial charge is 0.273 e. The van der Waals surface area contributed by atoms with Crippen LogP contribution < -0.4 is 5.32 Å². The standard InChI is InChI=1S/C10H16N4O/c1-4-11-9-7-12-8(6-13-9)10(15)14(3)5-2/h6-7H,4-5H2,1-3H3,(H,11,13). The summed E-state index contributed by atoms with van der Waals surface area (Å²) in [7, 11) is 1.74. The summed E-state index contributed by atoms with van der Waals surface area (Å²) in [4.78, 5) is 21.4. The van der Waals surface area contributed by atoms with E-state index in [1.54, 1.807) is 18.1 Å². The average molecular weight is 208 g/mol. The molecule has 82 valence electrons. The van der Waals surface area contributed by atoms with Crippen molar-refractivity contribution in [2.45, 2.75) is 13.8 Å². The summed E-state index contributed by atoms with van der Waals surface area (Å²) in [6.07, 6.45) is 3.06. The normalized spacial score (nSPS) is 9.80. The molecule has 0 aromatic carbocycles. The molecule has 0 aliphatic heterocycles. The molecule has 0 aliphatic carbocycles. The van der Waals surface area contributed by atoms with Gasteiger partial charge in [-0.2, -0.15) is 0 Å². The van der Waals surface area contributed by atoms with Gasteiger partial charge in [0.05, 0.1) is 12.4 Å². The Morgan fingerprint density at radius 1 is 1.40 bits per heavy atom. The van der Waals surface area contributed by atoms with Gasteiger partial charge < -0.3 is 10.2 Å². The van der Waals surface area contributed by atoms with Crippen LogP contribution in [0, 0.1) is 0 Å². The third-order valence-corrected chi connectivity index (χ3v) is 2.05. The molecule has 0 unspecified atom stereocenters. The van der Waals surface area contributed by atoms with Crippen molar-refractivity contribution in [2.75, 3.05) is 25.5 Å². The number of hydrogen-bond donors (Lipinski definition) is 1. The molecule has 0 spiro atoms. The van der Waals surface area contributed by atoms with Crippen LogP contribution in [-0.4, -0.2) is 40.9 Å². The van der Waals surface area contributed by atoms with Gasteiger partial charge in [-0.3, -0.25) is 4.79 Å². The van der Waals surface area contributed by atoms with Crippen LogP contribution in [0.2, 0.25) is 0 Å². The summed E-state index contributed by atoms with van der Waals surface area (Å²) >= 11 is 0. The molecule has 0 radical (unpaired) electrons. The molecule has 1 amide bonds. The zero-order valence-electron chi connectivity index (χ0n) is 9.32. The highest BCUT2D eigenvalue weighted by Crippen LogP contribution is 2.02. The number of carbonyl (C=O) groups excluding carboxylic acids is 1. The van der Waals surface area contributed by atoms with Gasteiger partial charge in [-0.1, -0.05) is 0 Å². The lowest BCUT2D eigenvalue weighted by Gasteiger charge is -2.13. The van der Waals surface area contributed by atoms with Gasteiger partial charge in [0.1, 0.15) is 11.5 Å². The van der Waals surface area contributed by atoms with E-state index in [4.69, 9.17) is 0 Å². The van der Waals surface area contributed by atoms with Crippen molar-refractivity contribution in [1.82, 2.24) is 14.9 Å². The summed E-state index contributed by atoms with van der Waals surface area (Å²) in [6, 6.07) is 0. The molecule has 5 heteroatoms. The first-order chi connectivity index (χ1) is 7.19. The predicted octanol–water partition coefficient (Wildman–Crippen LogP) is 1.00. The molecule has 5 nitrogen and oxygen atoms in total. The number of amides is 1. The van der Waals surface area contributed by atoms with Crippen LogP contribution in [0.25, 0.3) is 0 Å². The molecular weight excluding hydrogens is 192 g/mol. The maximum atomic E-state index is 11.6. The van der Waals surface area contributed by atoms with E-state index >= 15 is 0 Å². The summed E-state index contributed by atoms with van der Waals surface area (Å²) in [5, 5.41) is 3.02. The fraction of sp³-hybridized carbons (Fsp3) is 0.500. The van der Waals surface area contributed by atoms with Gasteiger partial charge in [-0.25, -0.2) is 9.97 Å². The molecule has 1 N–H and O–H groups in total. The Bertz CT molecular complexity index is 323. The largest absolute Gasteiger partial charge is 0.369 e. The van der Waals surface area contributed by atoms with Gasteiger partial charge in [-0.05, 0) is 13.8 Å². The average Bonchev–Trinajstić information content (AvgIpc) is 2.28. The third kappa shape index (κ3) is 2.90. The molecule has 0 saturated heterocycles. The van der Waals surface area contributed by atoms with E-state index in [0.717, 1.165) is 6.54 Å². The monoisotopic (exact) mass is 208 g/mol. The maximum absolute atomic E-state index is 11.6. The van der Waals surface area contributed by atoms with E-state index < -0.39 is 0 Å². The van der Waals surface area contributed by atoms with Gasteiger partial charge in [0.2, 0.25) is 0 Å². The van der Waals surface area contributed by atoms with Gasteiger partial charge in [0.15, 0.2) is 0 Å². The first kappa shape index (κ1) is 11.4. The number of hydrogen-bond acceptors (Lipinski definition) is 4. The minimum Gasteiger partial charge on any atom is -0.369 e. The van der Waals surface area contributed by atoms with Crippen molar-refractivity contribution >= 4 is 11.7 Å². The van der Waals surface area contributed by atoms with Crippen LogP contribution in [0.5, 0.6) is 0 Å². The Balaban J connectivity index is 2.75. The molecule has 1 heterocycles. The number of aromatic nitrogens is 2. The Morgan fingerprint density at radius 3 is 2.60 bits per heavy atom. The molecule has 15 heavy (non-hydrogen) atoms. The summed E-state index contributed by atoms with van der Waals surface area (Å²) < 4.78 is 0. The van der Waals surface area contributed by atoms with E-state index in [1.807, 2.05) is 13.8 Å². The van der Waals surface area contributed by atoms with Gasteiger partial charge in [0, 0.05) is 20.1 Å². The van der Waals surface area contributed by atoms with Crippen molar-refractivity contribution < 1.29 is 4.79 Å². The van der Waals surface area contributed by atoms with Crippen LogP contribution in [0.1, 0.15) is 24.3 Å². The van der Waals surface area contributed by atoms with Crippen molar-refractivity contribution in [2.24, 2.45) is 0 Å². The summed E-state index contributed by atoms with van der Waals surface area (Å²) in [5.74, 6) is 0.584. The highest BCUT2D eigenvalue weighted by molar-refractivity contribution is 5.91. The Labute approximate surface area is 89.5 Å². The topological polar surface area (TPSA) is 58.1 Å². The first-order valence-electron chi connectivity index (χ1n) is 5.00. The van der Waals surface area contributed by atoms with Crippen molar-refractivity contribution in [1.29, 1.82) is 0 Å². The molecule has 1 rings (SSSR count). The van der Waals surface area contributed by atoms with Crippen LogP contribution in [0.3, 0.4) is 0 Å². The molecule has 0 fully saturated rings. The summed E-state index contributed by atoms with van der Waals surface area (Å²) in [6.45, 7) is 5.34. The molecule has 1 aromatic heterocycles. The van der Waals surface area contributed by atoms with E-state index in [-0.39, 0.29) is 5.91 Å². The van der Waals surface area contributed by atoms with Crippen LogP contribution in [0.15, 0.2) is 12.4 Å². The zero-order chi connectivity index (χ0) is 11.3. The predicted molar refractivity (Wildman–Crippen MR) is 58.8 cm³/mol. The second-order valence-corrected chi connectivity index (χ2v) is 3.14. The zero-order valence-corrected chi connectivity index (χ0v) is 9.32. The second kappa shape index (κ2) is 5.29. The quantitative estimate of drug-likeness (QED) is 0.802. The highest BCUT2D eigenvalue weighted by Gasteiger charge is 2.11. The molecule has 0 saturated carbocycles. The Hall–Kier alpha value is -1.65.